The number of hydrogen-bond acceptors (Lipinski definition) is 4. The molecule has 2 rings (SSSR count). The normalized spacial score (nSPS) is 11.0. The molecule has 7 heteroatoms. The van der Waals surface area contributed by atoms with Crippen LogP contribution in [-0.4, -0.2) is 16.6 Å². The summed E-state index contributed by atoms with van der Waals surface area (Å²) in [5.41, 5.74) is -1.57. The summed E-state index contributed by atoms with van der Waals surface area (Å²) < 4.78 is 16.8. The van der Waals surface area contributed by atoms with Crippen LogP contribution in [0.2, 0.25) is 0 Å². The summed E-state index contributed by atoms with van der Waals surface area (Å²) in [4.78, 5) is 38.6. The van der Waals surface area contributed by atoms with Crippen LogP contribution >= 0.6 is 0 Å². The minimum Gasteiger partial charge on any atom is -0.405 e. The summed E-state index contributed by atoms with van der Waals surface area (Å²) >= 11 is 0. The molecular formula is C12H13FN2O4. The molecule has 0 aliphatic carbocycles. The Hall–Kier alpha value is -2.18. The van der Waals surface area contributed by atoms with Gasteiger partial charge in [-0.15, -0.1) is 0 Å². The Bertz CT molecular complexity index is 738. The average molecular weight is 268 g/mol. The number of aromatic nitrogens is 2. The molecule has 0 unspecified atom stereocenters. The lowest BCUT2D eigenvalue weighted by Gasteiger charge is -2.03. The van der Waals surface area contributed by atoms with Gasteiger partial charge in [-0.25, -0.2) is 9.59 Å². The molecule has 0 radical (unpaired) electrons. The molecule has 2 aromatic heterocycles. The van der Waals surface area contributed by atoms with E-state index in [-0.39, 0.29) is 17.8 Å². The van der Waals surface area contributed by atoms with Crippen LogP contribution in [0.3, 0.4) is 0 Å². The number of halogens is 1. The summed E-state index contributed by atoms with van der Waals surface area (Å²) in [5.74, 6) is 0. The molecule has 0 saturated heterocycles. The van der Waals surface area contributed by atoms with Gasteiger partial charge < -0.3 is 4.42 Å². The second-order valence-electron chi connectivity index (χ2n) is 4.20. The minimum atomic E-state index is -0.727. The highest BCUT2D eigenvalue weighted by molar-refractivity contribution is 5.75. The second kappa shape index (κ2) is 5.64. The van der Waals surface area contributed by atoms with Crippen LogP contribution in [0.4, 0.5) is 4.39 Å². The molecule has 0 aliphatic heterocycles. The van der Waals surface area contributed by atoms with Gasteiger partial charge in [0.2, 0.25) is 5.71 Å². The molecule has 2 heterocycles. The molecule has 2 N–H and O–H groups in total. The lowest BCUT2D eigenvalue weighted by atomic mass is 10.1. The molecule has 6 nitrogen and oxygen atoms in total. The Morgan fingerprint density at radius 3 is 2.63 bits per heavy atom. The molecule has 0 bridgehead atoms. The summed E-state index contributed by atoms with van der Waals surface area (Å²) in [6.07, 6.45) is 2.23. The van der Waals surface area contributed by atoms with E-state index in [0.29, 0.717) is 31.2 Å². The monoisotopic (exact) mass is 268 g/mol. The van der Waals surface area contributed by atoms with Crippen molar-refractivity contribution < 1.29 is 8.81 Å². The number of rotatable bonds is 5. The maximum absolute atomic E-state index is 12.0. The molecule has 0 spiro atoms. The van der Waals surface area contributed by atoms with Crippen molar-refractivity contribution in [1.82, 2.24) is 9.97 Å². The van der Waals surface area contributed by atoms with Gasteiger partial charge in [-0.3, -0.25) is 19.2 Å². The van der Waals surface area contributed by atoms with E-state index in [4.69, 9.17) is 4.42 Å². The fourth-order valence-electron chi connectivity index (χ4n) is 1.96. The van der Waals surface area contributed by atoms with Crippen LogP contribution < -0.4 is 16.9 Å². The summed E-state index contributed by atoms with van der Waals surface area (Å²) in [7, 11) is 0. The Balaban J connectivity index is 2.45. The van der Waals surface area contributed by atoms with Crippen LogP contribution in [0.1, 0.15) is 24.8 Å². The van der Waals surface area contributed by atoms with Crippen molar-refractivity contribution in [1.29, 1.82) is 0 Å². The van der Waals surface area contributed by atoms with Crippen molar-refractivity contribution in [3.63, 3.8) is 0 Å². The summed E-state index contributed by atoms with van der Waals surface area (Å²) in [6.45, 7) is -0.383. The fraction of sp³-hybridized carbons (Fsp3) is 0.417. The standard InChI is InChI=1S/C12H13FN2O4/c13-5-3-1-2-4-7-6-8(16)19-11-9(7)10(17)14-12(18)15-11/h6H,1-5H2,(H2,14,15,17,18). The van der Waals surface area contributed by atoms with Gasteiger partial charge in [0.25, 0.3) is 5.56 Å². The van der Waals surface area contributed by atoms with E-state index in [1.54, 1.807) is 0 Å². The van der Waals surface area contributed by atoms with Crippen LogP contribution in [-0.2, 0) is 6.42 Å². The SMILES string of the molecule is O=c1[nH]c(=O)c2c(CCCCCF)cc(=O)oc2[nH]1. The highest BCUT2D eigenvalue weighted by Crippen LogP contribution is 2.12. The Morgan fingerprint density at radius 1 is 1.11 bits per heavy atom. The summed E-state index contributed by atoms with van der Waals surface area (Å²) in [5, 5.41) is 0.166. The maximum Gasteiger partial charge on any atom is 0.337 e. The van der Waals surface area contributed by atoms with Crippen molar-refractivity contribution in [2.24, 2.45) is 0 Å². The van der Waals surface area contributed by atoms with Crippen molar-refractivity contribution in [3.05, 3.63) is 42.9 Å². The second-order valence-corrected chi connectivity index (χ2v) is 4.20. The van der Waals surface area contributed by atoms with Crippen molar-refractivity contribution >= 4 is 11.1 Å². The highest BCUT2D eigenvalue weighted by Gasteiger charge is 2.10. The number of unbranched alkanes of at least 4 members (excludes halogenated alkanes) is 2. The Kier molecular flexibility index (Phi) is 3.94. The first kappa shape index (κ1) is 13.3. The van der Waals surface area contributed by atoms with Crippen molar-refractivity contribution in [3.8, 4) is 0 Å². The maximum atomic E-state index is 12.0. The molecule has 102 valence electrons. The van der Waals surface area contributed by atoms with E-state index in [0.717, 1.165) is 0 Å². The molecule has 2 aromatic rings. The minimum absolute atomic E-state index is 0.123. The van der Waals surface area contributed by atoms with Gasteiger partial charge >= 0.3 is 11.3 Å². The van der Waals surface area contributed by atoms with Gasteiger partial charge in [-0.2, -0.15) is 0 Å². The van der Waals surface area contributed by atoms with E-state index >= 15 is 0 Å². The quantitative estimate of drug-likeness (QED) is 0.786. The number of aromatic amines is 2. The van der Waals surface area contributed by atoms with E-state index in [1.807, 2.05) is 0 Å². The fourth-order valence-corrected chi connectivity index (χ4v) is 1.96. The number of H-pyrrole nitrogens is 2. The Labute approximate surface area is 106 Å². The Morgan fingerprint density at radius 2 is 1.89 bits per heavy atom. The van der Waals surface area contributed by atoms with Gasteiger partial charge in [0, 0.05) is 6.07 Å². The third-order valence-electron chi connectivity index (χ3n) is 2.80. The van der Waals surface area contributed by atoms with E-state index < -0.39 is 16.9 Å². The molecule has 0 fully saturated rings. The lowest BCUT2D eigenvalue weighted by Crippen LogP contribution is -2.24. The molecule has 0 atom stereocenters. The average Bonchev–Trinajstić information content (AvgIpc) is 2.33. The first-order valence-electron chi connectivity index (χ1n) is 5.97. The smallest absolute Gasteiger partial charge is 0.337 e. The number of fused-ring (bicyclic) bond motifs is 1. The molecule has 19 heavy (non-hydrogen) atoms. The lowest BCUT2D eigenvalue weighted by molar-refractivity contribution is 0.456. The van der Waals surface area contributed by atoms with E-state index in [1.165, 1.54) is 6.07 Å². The topological polar surface area (TPSA) is 95.9 Å². The van der Waals surface area contributed by atoms with E-state index in [2.05, 4.69) is 9.97 Å². The van der Waals surface area contributed by atoms with Gasteiger partial charge in [-0.05, 0) is 24.8 Å². The third kappa shape index (κ3) is 2.98. The van der Waals surface area contributed by atoms with Crippen LogP contribution in [0.15, 0.2) is 24.9 Å². The van der Waals surface area contributed by atoms with Crippen LogP contribution in [0.5, 0.6) is 0 Å². The highest BCUT2D eigenvalue weighted by atomic mass is 19.1. The molecule has 0 aliphatic rings. The zero-order valence-electron chi connectivity index (χ0n) is 10.1. The van der Waals surface area contributed by atoms with Crippen LogP contribution in [0.25, 0.3) is 11.1 Å². The van der Waals surface area contributed by atoms with Gasteiger partial charge in [0.15, 0.2) is 0 Å². The van der Waals surface area contributed by atoms with Gasteiger partial charge in [-0.1, -0.05) is 6.42 Å². The predicted molar refractivity (Wildman–Crippen MR) is 67.3 cm³/mol. The van der Waals surface area contributed by atoms with Gasteiger partial charge in [0.1, 0.15) is 5.39 Å². The zero-order valence-corrected chi connectivity index (χ0v) is 10.1. The first-order chi connectivity index (χ1) is 9.11. The third-order valence-corrected chi connectivity index (χ3v) is 2.80. The molecule has 0 amide bonds. The van der Waals surface area contributed by atoms with E-state index in [9.17, 15) is 18.8 Å². The predicted octanol–water partition coefficient (Wildman–Crippen LogP) is 0.852. The number of aryl methyl sites for hydroxylation is 1. The largest absolute Gasteiger partial charge is 0.405 e. The molecular weight excluding hydrogens is 255 g/mol. The van der Waals surface area contributed by atoms with Crippen molar-refractivity contribution in [2.45, 2.75) is 25.7 Å². The summed E-state index contributed by atoms with van der Waals surface area (Å²) in [6, 6.07) is 1.23. The first-order valence-corrected chi connectivity index (χ1v) is 5.97. The number of hydrogen-bond donors (Lipinski definition) is 2. The zero-order chi connectivity index (χ0) is 13.8. The van der Waals surface area contributed by atoms with Crippen molar-refractivity contribution in [2.75, 3.05) is 6.67 Å². The van der Waals surface area contributed by atoms with Crippen LogP contribution in [0, 0.1) is 0 Å². The molecule has 0 saturated carbocycles. The molecule has 0 aromatic carbocycles. The number of alkyl halides is 1. The van der Waals surface area contributed by atoms with Gasteiger partial charge in [0.05, 0.1) is 6.67 Å². The number of nitrogens with one attached hydrogen (secondary N) is 2.